The van der Waals surface area contributed by atoms with Crippen molar-refractivity contribution in [1.29, 1.82) is 0 Å². The Morgan fingerprint density at radius 1 is 1.12 bits per heavy atom. The highest BCUT2D eigenvalue weighted by atomic mass is 16.4. The van der Waals surface area contributed by atoms with E-state index in [-0.39, 0.29) is 12.8 Å². The fraction of sp³-hybridized carbons (Fsp3) is 0.375. The summed E-state index contributed by atoms with van der Waals surface area (Å²) in [4.78, 5) is 45.3. The van der Waals surface area contributed by atoms with Crippen molar-refractivity contribution in [3.8, 4) is 0 Å². The zero-order chi connectivity index (χ0) is 19.9. The standard InChI is InChI=1S/C16H21N3O7/c1-16(14(24)25,8-9-2-4-10(17)5-3-9)19-15(26)18-11(13(22)23)6-7-12(20)21/h2-5,11H,6-8,17H2,1H3,(H,20,21)(H,22,23)(H,24,25)(H2,18,19,26). The summed E-state index contributed by atoms with van der Waals surface area (Å²) in [7, 11) is 0. The van der Waals surface area contributed by atoms with Crippen LogP contribution in [0.15, 0.2) is 24.3 Å². The number of carbonyl (C=O) groups excluding carboxylic acids is 1. The number of hydrogen-bond donors (Lipinski definition) is 6. The number of aliphatic carboxylic acids is 3. The Kier molecular flexibility index (Phi) is 6.94. The fourth-order valence-corrected chi connectivity index (χ4v) is 2.19. The molecule has 0 aliphatic heterocycles. The van der Waals surface area contributed by atoms with Crippen LogP contribution in [0.2, 0.25) is 0 Å². The van der Waals surface area contributed by atoms with E-state index < -0.39 is 41.9 Å². The minimum Gasteiger partial charge on any atom is -0.481 e. The molecule has 10 heteroatoms. The van der Waals surface area contributed by atoms with Gasteiger partial charge in [0.15, 0.2) is 0 Å². The molecular weight excluding hydrogens is 346 g/mol. The summed E-state index contributed by atoms with van der Waals surface area (Å²) in [6.07, 6.45) is -0.860. The third-order valence-corrected chi connectivity index (χ3v) is 3.65. The van der Waals surface area contributed by atoms with Crippen LogP contribution in [0.25, 0.3) is 0 Å². The van der Waals surface area contributed by atoms with Gasteiger partial charge in [-0.05, 0) is 31.0 Å². The second-order valence-corrected chi connectivity index (χ2v) is 5.98. The second-order valence-electron chi connectivity index (χ2n) is 5.98. The third kappa shape index (κ3) is 6.30. The van der Waals surface area contributed by atoms with Gasteiger partial charge in [0.2, 0.25) is 0 Å². The number of nitrogens with two attached hydrogens (primary N) is 1. The van der Waals surface area contributed by atoms with Crippen LogP contribution < -0.4 is 16.4 Å². The highest BCUT2D eigenvalue weighted by Gasteiger charge is 2.36. The smallest absolute Gasteiger partial charge is 0.329 e. The van der Waals surface area contributed by atoms with Crippen LogP contribution in [0, 0.1) is 0 Å². The Bertz CT molecular complexity index is 690. The maximum atomic E-state index is 12.1. The van der Waals surface area contributed by atoms with Gasteiger partial charge >= 0.3 is 23.9 Å². The highest BCUT2D eigenvalue weighted by Crippen LogP contribution is 2.15. The number of nitrogen functional groups attached to an aromatic ring is 1. The van der Waals surface area contributed by atoms with Crippen molar-refractivity contribution in [2.45, 2.75) is 37.8 Å². The molecule has 0 aliphatic carbocycles. The molecule has 0 radical (unpaired) electrons. The number of carboxylic acids is 3. The number of amides is 2. The first-order chi connectivity index (χ1) is 12.0. The molecule has 0 aliphatic rings. The zero-order valence-electron chi connectivity index (χ0n) is 14.1. The van der Waals surface area contributed by atoms with Crippen LogP contribution in [0.1, 0.15) is 25.3 Å². The van der Waals surface area contributed by atoms with E-state index >= 15 is 0 Å². The molecule has 7 N–H and O–H groups in total. The first kappa shape index (κ1) is 20.7. The van der Waals surface area contributed by atoms with E-state index in [0.29, 0.717) is 11.3 Å². The SMILES string of the molecule is CC(Cc1ccc(N)cc1)(NC(=O)NC(CCC(=O)O)C(=O)O)C(=O)O. The lowest BCUT2D eigenvalue weighted by Crippen LogP contribution is -2.58. The van der Waals surface area contributed by atoms with E-state index in [1.165, 1.54) is 6.92 Å². The van der Waals surface area contributed by atoms with E-state index in [4.69, 9.17) is 15.9 Å². The summed E-state index contributed by atoms with van der Waals surface area (Å²) in [5, 5.41) is 31.4. The van der Waals surface area contributed by atoms with Gasteiger partial charge in [0.05, 0.1) is 0 Å². The van der Waals surface area contributed by atoms with Gasteiger partial charge in [0.25, 0.3) is 0 Å². The highest BCUT2D eigenvalue weighted by molar-refractivity contribution is 5.88. The molecule has 2 atom stereocenters. The Morgan fingerprint density at radius 2 is 1.69 bits per heavy atom. The normalized spacial score (nSPS) is 13.9. The molecule has 2 unspecified atom stereocenters. The Balaban J connectivity index is 2.82. The van der Waals surface area contributed by atoms with E-state index in [0.717, 1.165) is 0 Å². The maximum Gasteiger partial charge on any atom is 0.329 e. The van der Waals surface area contributed by atoms with Crippen molar-refractivity contribution in [2.24, 2.45) is 0 Å². The summed E-state index contributed by atoms with van der Waals surface area (Å²) < 4.78 is 0. The Labute approximate surface area is 149 Å². The number of anilines is 1. The van der Waals surface area contributed by atoms with E-state index in [1.54, 1.807) is 24.3 Å². The van der Waals surface area contributed by atoms with E-state index in [1.807, 2.05) is 0 Å². The van der Waals surface area contributed by atoms with Crippen molar-refractivity contribution < 1.29 is 34.5 Å². The van der Waals surface area contributed by atoms with Crippen LogP contribution in [0.3, 0.4) is 0 Å². The number of nitrogens with one attached hydrogen (secondary N) is 2. The van der Waals surface area contributed by atoms with Crippen molar-refractivity contribution in [2.75, 3.05) is 5.73 Å². The largest absolute Gasteiger partial charge is 0.481 e. The second kappa shape index (κ2) is 8.70. The molecule has 1 rings (SSSR count). The Morgan fingerprint density at radius 3 is 2.15 bits per heavy atom. The topological polar surface area (TPSA) is 179 Å². The minimum atomic E-state index is -1.71. The summed E-state index contributed by atoms with van der Waals surface area (Å²) in [5.41, 5.74) is 4.96. The summed E-state index contributed by atoms with van der Waals surface area (Å²) in [6.45, 7) is 1.28. The van der Waals surface area contributed by atoms with Crippen LogP contribution in [-0.2, 0) is 20.8 Å². The monoisotopic (exact) mass is 367 g/mol. The molecule has 0 fully saturated rings. The lowest BCUT2D eigenvalue weighted by molar-refractivity contribution is -0.143. The van der Waals surface area contributed by atoms with Crippen molar-refractivity contribution >= 4 is 29.6 Å². The average molecular weight is 367 g/mol. The number of benzene rings is 1. The summed E-state index contributed by atoms with van der Waals surface area (Å²) in [6, 6.07) is 3.92. The van der Waals surface area contributed by atoms with Crippen molar-refractivity contribution in [1.82, 2.24) is 10.6 Å². The lowest BCUT2D eigenvalue weighted by Gasteiger charge is -2.27. The van der Waals surface area contributed by atoms with E-state index in [9.17, 15) is 24.3 Å². The molecule has 0 aromatic heterocycles. The van der Waals surface area contributed by atoms with Gasteiger partial charge in [0, 0.05) is 18.5 Å². The number of carboxylic acid groups (broad SMARTS) is 3. The first-order valence-corrected chi connectivity index (χ1v) is 7.64. The maximum absolute atomic E-state index is 12.1. The van der Waals surface area contributed by atoms with Gasteiger partial charge in [-0.1, -0.05) is 12.1 Å². The Hall–Kier alpha value is -3.30. The average Bonchev–Trinajstić information content (AvgIpc) is 2.53. The number of hydrogen-bond acceptors (Lipinski definition) is 5. The molecule has 0 bridgehead atoms. The van der Waals surface area contributed by atoms with Crippen LogP contribution in [-0.4, -0.2) is 50.8 Å². The lowest BCUT2D eigenvalue weighted by atomic mass is 9.93. The first-order valence-electron chi connectivity index (χ1n) is 7.64. The van der Waals surface area contributed by atoms with Gasteiger partial charge in [-0.3, -0.25) is 4.79 Å². The zero-order valence-corrected chi connectivity index (χ0v) is 14.1. The molecule has 0 spiro atoms. The van der Waals surface area contributed by atoms with Crippen molar-refractivity contribution in [3.05, 3.63) is 29.8 Å². The van der Waals surface area contributed by atoms with Gasteiger partial charge < -0.3 is 31.7 Å². The molecule has 1 aromatic rings. The van der Waals surface area contributed by atoms with Gasteiger partial charge in [-0.15, -0.1) is 0 Å². The third-order valence-electron chi connectivity index (χ3n) is 3.65. The molecule has 0 saturated carbocycles. The van der Waals surface area contributed by atoms with E-state index in [2.05, 4.69) is 10.6 Å². The van der Waals surface area contributed by atoms with Gasteiger partial charge in [0.1, 0.15) is 11.6 Å². The number of carbonyl (C=O) groups is 4. The minimum absolute atomic E-state index is 0.0666. The predicted octanol–water partition coefficient (Wildman–Crippen LogP) is 0.272. The van der Waals surface area contributed by atoms with Crippen molar-refractivity contribution in [3.63, 3.8) is 0 Å². The number of urea groups is 1. The predicted molar refractivity (Wildman–Crippen MR) is 90.6 cm³/mol. The molecule has 1 aromatic carbocycles. The molecular formula is C16H21N3O7. The van der Waals surface area contributed by atoms with Crippen LogP contribution in [0.4, 0.5) is 10.5 Å². The van der Waals surface area contributed by atoms with Gasteiger partial charge in [-0.2, -0.15) is 0 Å². The number of rotatable bonds is 9. The molecule has 26 heavy (non-hydrogen) atoms. The fourth-order valence-electron chi connectivity index (χ4n) is 2.19. The summed E-state index contributed by atoms with van der Waals surface area (Å²) >= 11 is 0. The summed E-state index contributed by atoms with van der Waals surface area (Å²) in [5.74, 6) is -3.95. The van der Waals surface area contributed by atoms with Gasteiger partial charge in [-0.25, -0.2) is 14.4 Å². The van der Waals surface area contributed by atoms with Crippen LogP contribution in [0.5, 0.6) is 0 Å². The molecule has 10 nitrogen and oxygen atoms in total. The molecule has 2 amide bonds. The quantitative estimate of drug-likeness (QED) is 0.336. The van der Waals surface area contributed by atoms with Crippen LogP contribution >= 0.6 is 0 Å². The molecule has 0 heterocycles. The molecule has 142 valence electrons. The molecule has 0 saturated heterocycles.